The molecule has 0 saturated heterocycles. The smallest absolute Gasteiger partial charge is 0.317 e. The minimum Gasteiger partial charge on any atom is -0.337 e. The van der Waals surface area contributed by atoms with Gasteiger partial charge in [-0.25, -0.2) is 9.18 Å². The topological polar surface area (TPSA) is 32.3 Å². The largest absolute Gasteiger partial charge is 0.337 e. The zero-order valence-corrected chi connectivity index (χ0v) is 15.1. The fraction of sp³-hybridized carbons (Fsp3) is 0.316. The van der Waals surface area contributed by atoms with Crippen LogP contribution in [0.4, 0.5) is 9.18 Å². The van der Waals surface area contributed by atoms with E-state index in [-0.39, 0.29) is 17.9 Å². The SMILES string of the molecule is Cc1ccc(SCCNC(=O)N(C)[C@H](C)c2ccc(F)cc2)cc1. The molecule has 0 aliphatic heterocycles. The molecule has 128 valence electrons. The van der Waals surface area contributed by atoms with Crippen molar-refractivity contribution >= 4 is 17.8 Å². The first-order chi connectivity index (χ1) is 11.5. The first kappa shape index (κ1) is 18.3. The molecule has 0 spiro atoms. The molecule has 2 aromatic rings. The normalized spacial score (nSPS) is 11.8. The molecule has 0 unspecified atom stereocenters. The third kappa shape index (κ3) is 5.27. The van der Waals surface area contributed by atoms with Gasteiger partial charge in [0.2, 0.25) is 0 Å². The summed E-state index contributed by atoms with van der Waals surface area (Å²) < 4.78 is 13.0. The van der Waals surface area contributed by atoms with E-state index in [1.54, 1.807) is 35.8 Å². The third-order valence-electron chi connectivity index (χ3n) is 3.92. The van der Waals surface area contributed by atoms with Gasteiger partial charge in [-0.05, 0) is 43.7 Å². The average Bonchev–Trinajstić information content (AvgIpc) is 2.59. The Hall–Kier alpha value is -2.01. The number of carbonyl (C=O) groups excluding carboxylic acids is 1. The van der Waals surface area contributed by atoms with E-state index in [0.29, 0.717) is 6.54 Å². The zero-order valence-electron chi connectivity index (χ0n) is 14.3. The molecule has 2 amide bonds. The van der Waals surface area contributed by atoms with Crippen molar-refractivity contribution in [2.75, 3.05) is 19.3 Å². The lowest BCUT2D eigenvalue weighted by Crippen LogP contribution is -2.39. The number of carbonyl (C=O) groups is 1. The summed E-state index contributed by atoms with van der Waals surface area (Å²) in [5.74, 6) is 0.541. The van der Waals surface area contributed by atoms with Crippen LogP contribution < -0.4 is 5.32 Å². The van der Waals surface area contributed by atoms with Crippen molar-refractivity contribution in [3.63, 3.8) is 0 Å². The first-order valence-corrected chi connectivity index (χ1v) is 8.91. The molecule has 0 heterocycles. The number of hydrogen-bond acceptors (Lipinski definition) is 2. The van der Waals surface area contributed by atoms with Gasteiger partial charge in [-0.1, -0.05) is 29.8 Å². The number of hydrogen-bond donors (Lipinski definition) is 1. The summed E-state index contributed by atoms with van der Waals surface area (Å²) in [6, 6.07) is 14.3. The highest BCUT2D eigenvalue weighted by molar-refractivity contribution is 7.99. The van der Waals surface area contributed by atoms with Crippen LogP contribution in [0.5, 0.6) is 0 Å². The van der Waals surface area contributed by atoms with Crippen molar-refractivity contribution in [1.82, 2.24) is 10.2 Å². The molecule has 0 fully saturated rings. The van der Waals surface area contributed by atoms with Gasteiger partial charge < -0.3 is 10.2 Å². The number of amides is 2. The Morgan fingerprint density at radius 1 is 1.17 bits per heavy atom. The van der Waals surface area contributed by atoms with Gasteiger partial charge >= 0.3 is 6.03 Å². The van der Waals surface area contributed by atoms with Gasteiger partial charge in [0.15, 0.2) is 0 Å². The number of thioether (sulfide) groups is 1. The minimum absolute atomic E-state index is 0.115. The highest BCUT2D eigenvalue weighted by Crippen LogP contribution is 2.19. The predicted octanol–water partition coefficient (Wildman–Crippen LogP) is 4.63. The van der Waals surface area contributed by atoms with E-state index in [1.807, 2.05) is 6.92 Å². The van der Waals surface area contributed by atoms with Crippen LogP contribution in [0.25, 0.3) is 0 Å². The van der Waals surface area contributed by atoms with Crippen LogP contribution in [0.3, 0.4) is 0 Å². The number of benzene rings is 2. The Morgan fingerprint density at radius 2 is 1.79 bits per heavy atom. The Labute approximate surface area is 147 Å². The van der Waals surface area contributed by atoms with Gasteiger partial charge in [0.1, 0.15) is 5.82 Å². The summed E-state index contributed by atoms with van der Waals surface area (Å²) in [4.78, 5) is 15.0. The zero-order chi connectivity index (χ0) is 17.5. The lowest BCUT2D eigenvalue weighted by Gasteiger charge is -2.25. The van der Waals surface area contributed by atoms with E-state index in [9.17, 15) is 9.18 Å². The van der Waals surface area contributed by atoms with Crippen LogP contribution in [0.2, 0.25) is 0 Å². The van der Waals surface area contributed by atoms with Gasteiger partial charge in [-0.15, -0.1) is 11.8 Å². The molecule has 24 heavy (non-hydrogen) atoms. The average molecular weight is 346 g/mol. The standard InChI is InChI=1S/C19H23FN2OS/c1-14-4-10-18(11-5-14)24-13-12-21-19(23)22(3)15(2)16-6-8-17(20)9-7-16/h4-11,15H,12-13H2,1-3H3,(H,21,23)/t15-/m1/s1. The Morgan fingerprint density at radius 3 is 2.42 bits per heavy atom. The van der Waals surface area contributed by atoms with Crippen LogP contribution in [0.1, 0.15) is 24.1 Å². The van der Waals surface area contributed by atoms with E-state index in [0.717, 1.165) is 11.3 Å². The van der Waals surface area contributed by atoms with Crippen LogP contribution in [0.15, 0.2) is 53.4 Å². The maximum atomic E-state index is 13.0. The fourth-order valence-corrected chi connectivity index (χ4v) is 3.00. The summed E-state index contributed by atoms with van der Waals surface area (Å²) in [6.07, 6.45) is 0. The van der Waals surface area contributed by atoms with E-state index in [1.165, 1.54) is 22.6 Å². The Bertz CT molecular complexity index is 658. The van der Waals surface area contributed by atoms with Crippen molar-refractivity contribution in [2.45, 2.75) is 24.8 Å². The summed E-state index contributed by atoms with van der Waals surface area (Å²) in [5, 5.41) is 2.92. The number of rotatable bonds is 6. The molecule has 0 aliphatic rings. The number of nitrogens with one attached hydrogen (secondary N) is 1. The lowest BCUT2D eigenvalue weighted by molar-refractivity contribution is 0.195. The van der Waals surface area contributed by atoms with Gasteiger partial charge in [-0.3, -0.25) is 0 Å². The molecule has 0 aliphatic carbocycles. The molecular weight excluding hydrogens is 323 g/mol. The molecular formula is C19H23FN2OS. The molecule has 1 atom stereocenters. The third-order valence-corrected chi connectivity index (χ3v) is 4.94. The summed E-state index contributed by atoms with van der Waals surface area (Å²) >= 11 is 1.71. The van der Waals surface area contributed by atoms with E-state index in [2.05, 4.69) is 36.5 Å². The molecule has 3 nitrogen and oxygen atoms in total. The quantitative estimate of drug-likeness (QED) is 0.611. The highest BCUT2D eigenvalue weighted by atomic mass is 32.2. The van der Waals surface area contributed by atoms with Crippen LogP contribution >= 0.6 is 11.8 Å². The van der Waals surface area contributed by atoms with Crippen molar-refractivity contribution in [3.05, 3.63) is 65.5 Å². The van der Waals surface area contributed by atoms with Crippen LogP contribution in [-0.2, 0) is 0 Å². The Kier molecular flexibility index (Phi) is 6.67. The Balaban J connectivity index is 1.76. The maximum Gasteiger partial charge on any atom is 0.317 e. The number of halogens is 1. The number of aryl methyl sites for hydroxylation is 1. The first-order valence-electron chi connectivity index (χ1n) is 7.93. The number of urea groups is 1. The number of nitrogens with zero attached hydrogens (tertiary/aromatic N) is 1. The van der Waals surface area contributed by atoms with Gasteiger partial charge in [0, 0.05) is 24.2 Å². The van der Waals surface area contributed by atoms with Gasteiger partial charge in [-0.2, -0.15) is 0 Å². The molecule has 2 rings (SSSR count). The second kappa shape index (κ2) is 8.73. The van der Waals surface area contributed by atoms with E-state index >= 15 is 0 Å². The van der Waals surface area contributed by atoms with Crippen molar-refractivity contribution in [1.29, 1.82) is 0 Å². The van der Waals surface area contributed by atoms with Gasteiger partial charge in [0.05, 0.1) is 6.04 Å². The van der Waals surface area contributed by atoms with Crippen molar-refractivity contribution in [3.8, 4) is 0 Å². The monoisotopic (exact) mass is 346 g/mol. The summed E-state index contributed by atoms with van der Waals surface area (Å²) in [6.45, 7) is 4.58. The van der Waals surface area contributed by atoms with E-state index in [4.69, 9.17) is 0 Å². The van der Waals surface area contributed by atoms with Crippen LogP contribution in [0, 0.1) is 12.7 Å². The summed E-state index contributed by atoms with van der Waals surface area (Å²) in [7, 11) is 1.75. The molecule has 0 bridgehead atoms. The summed E-state index contributed by atoms with van der Waals surface area (Å²) in [5.41, 5.74) is 2.15. The maximum absolute atomic E-state index is 13.0. The molecule has 1 N–H and O–H groups in total. The molecule has 0 aromatic heterocycles. The second-order valence-electron chi connectivity index (χ2n) is 5.73. The van der Waals surface area contributed by atoms with E-state index < -0.39 is 0 Å². The van der Waals surface area contributed by atoms with Gasteiger partial charge in [0.25, 0.3) is 0 Å². The second-order valence-corrected chi connectivity index (χ2v) is 6.90. The van der Waals surface area contributed by atoms with Crippen LogP contribution in [-0.4, -0.2) is 30.3 Å². The predicted molar refractivity (Wildman–Crippen MR) is 97.9 cm³/mol. The molecule has 0 radical (unpaired) electrons. The highest BCUT2D eigenvalue weighted by Gasteiger charge is 2.16. The molecule has 5 heteroatoms. The fourth-order valence-electron chi connectivity index (χ4n) is 2.23. The molecule has 0 saturated carbocycles. The van der Waals surface area contributed by atoms with Crippen molar-refractivity contribution in [2.24, 2.45) is 0 Å². The lowest BCUT2D eigenvalue weighted by atomic mass is 10.1. The van der Waals surface area contributed by atoms with Crippen molar-refractivity contribution < 1.29 is 9.18 Å². The molecule has 2 aromatic carbocycles. The minimum atomic E-state index is -0.272.